The van der Waals surface area contributed by atoms with Gasteiger partial charge in [0.05, 0.1) is 12.1 Å². The summed E-state index contributed by atoms with van der Waals surface area (Å²) >= 11 is 0. The van der Waals surface area contributed by atoms with Crippen molar-refractivity contribution in [3.8, 4) is 0 Å². The molecule has 0 saturated heterocycles. The zero-order valence-corrected chi connectivity index (χ0v) is 14.7. The highest BCUT2D eigenvalue weighted by atomic mass is 16.6. The van der Waals surface area contributed by atoms with Crippen LogP contribution in [0.25, 0.3) is 0 Å². The molecule has 0 aromatic carbocycles. The summed E-state index contributed by atoms with van der Waals surface area (Å²) in [5.74, 6) is -0.923. The Morgan fingerprint density at radius 3 is 2.09 bits per heavy atom. The van der Waals surface area contributed by atoms with Crippen molar-refractivity contribution < 1.29 is 19.1 Å². The molecule has 23 heavy (non-hydrogen) atoms. The van der Waals surface area contributed by atoms with Gasteiger partial charge >= 0.3 is 5.97 Å². The number of rotatable bonds is 9. The van der Waals surface area contributed by atoms with Crippen LogP contribution in [-0.4, -0.2) is 41.9 Å². The molecule has 0 aliphatic rings. The topological polar surface area (TPSA) is 125 Å². The SMILES string of the molecule is CC(C)[C@@H]([C]=O)NC(=O)[C@@H](N)CCCC(N)C(=O)OC(C)(C)C. The van der Waals surface area contributed by atoms with Crippen molar-refractivity contribution in [2.75, 3.05) is 0 Å². The lowest BCUT2D eigenvalue weighted by molar-refractivity contribution is -0.156. The maximum Gasteiger partial charge on any atom is 0.323 e. The minimum Gasteiger partial charge on any atom is -0.459 e. The van der Waals surface area contributed by atoms with E-state index in [9.17, 15) is 14.4 Å². The number of hydrogen-bond acceptors (Lipinski definition) is 6. The first kappa shape index (κ1) is 21.5. The second-order valence-corrected chi connectivity index (χ2v) is 7.03. The van der Waals surface area contributed by atoms with E-state index in [1.54, 1.807) is 40.9 Å². The summed E-state index contributed by atoms with van der Waals surface area (Å²) in [6.45, 7) is 8.93. The summed E-state index contributed by atoms with van der Waals surface area (Å²) in [4.78, 5) is 34.4. The molecule has 1 unspecified atom stereocenters. The largest absolute Gasteiger partial charge is 0.459 e. The van der Waals surface area contributed by atoms with Crippen LogP contribution in [0.2, 0.25) is 0 Å². The summed E-state index contributed by atoms with van der Waals surface area (Å²) in [6, 6.07) is -2.16. The van der Waals surface area contributed by atoms with Crippen LogP contribution in [0.3, 0.4) is 0 Å². The van der Waals surface area contributed by atoms with Crippen LogP contribution in [0.1, 0.15) is 53.9 Å². The fourth-order valence-electron chi connectivity index (χ4n) is 1.78. The number of hydrogen-bond donors (Lipinski definition) is 3. The maximum absolute atomic E-state index is 11.9. The monoisotopic (exact) mass is 328 g/mol. The fraction of sp³-hybridized carbons (Fsp3) is 0.812. The third-order valence-corrected chi connectivity index (χ3v) is 3.17. The molecule has 0 aromatic rings. The van der Waals surface area contributed by atoms with Crippen molar-refractivity contribution in [2.24, 2.45) is 17.4 Å². The predicted molar refractivity (Wildman–Crippen MR) is 88.1 cm³/mol. The Hall–Kier alpha value is -1.47. The van der Waals surface area contributed by atoms with E-state index in [2.05, 4.69) is 5.32 Å². The van der Waals surface area contributed by atoms with Gasteiger partial charge in [-0.3, -0.25) is 14.4 Å². The van der Waals surface area contributed by atoms with Crippen molar-refractivity contribution in [2.45, 2.75) is 77.6 Å². The van der Waals surface area contributed by atoms with Gasteiger partial charge in [0, 0.05) is 0 Å². The highest BCUT2D eigenvalue weighted by Gasteiger charge is 2.23. The van der Waals surface area contributed by atoms with E-state index in [-0.39, 0.29) is 5.92 Å². The van der Waals surface area contributed by atoms with Crippen LogP contribution in [0.4, 0.5) is 0 Å². The highest BCUT2D eigenvalue weighted by molar-refractivity contribution is 5.84. The number of carbonyl (C=O) groups excluding carboxylic acids is 3. The molecule has 7 nitrogen and oxygen atoms in total. The Morgan fingerprint density at radius 1 is 1.13 bits per heavy atom. The van der Waals surface area contributed by atoms with E-state index in [1.165, 1.54) is 0 Å². The van der Waals surface area contributed by atoms with E-state index in [1.807, 2.05) is 0 Å². The van der Waals surface area contributed by atoms with E-state index in [4.69, 9.17) is 16.2 Å². The van der Waals surface area contributed by atoms with Gasteiger partial charge in [0.25, 0.3) is 0 Å². The molecule has 0 rings (SSSR count). The normalized spacial score (nSPS) is 15.7. The summed E-state index contributed by atoms with van der Waals surface area (Å²) in [7, 11) is 0. The van der Waals surface area contributed by atoms with Crippen molar-refractivity contribution in [3.63, 3.8) is 0 Å². The minimum absolute atomic E-state index is 0.0516. The van der Waals surface area contributed by atoms with Crippen LogP contribution >= 0.6 is 0 Å². The van der Waals surface area contributed by atoms with Crippen molar-refractivity contribution >= 4 is 18.2 Å². The number of nitrogens with two attached hydrogens (primary N) is 2. The maximum atomic E-state index is 11.9. The molecule has 0 bridgehead atoms. The van der Waals surface area contributed by atoms with Gasteiger partial charge < -0.3 is 21.5 Å². The van der Waals surface area contributed by atoms with Crippen molar-refractivity contribution in [3.05, 3.63) is 0 Å². The zero-order valence-electron chi connectivity index (χ0n) is 14.7. The van der Waals surface area contributed by atoms with E-state index >= 15 is 0 Å². The molecular weight excluding hydrogens is 298 g/mol. The molecule has 0 heterocycles. The van der Waals surface area contributed by atoms with Crippen LogP contribution in [0, 0.1) is 5.92 Å². The van der Waals surface area contributed by atoms with Crippen LogP contribution in [-0.2, 0) is 19.1 Å². The number of carbonyl (C=O) groups is 2. The van der Waals surface area contributed by atoms with Gasteiger partial charge in [-0.2, -0.15) is 0 Å². The Balaban J connectivity index is 4.19. The molecule has 7 heteroatoms. The lowest BCUT2D eigenvalue weighted by Gasteiger charge is -2.22. The number of nitrogens with one attached hydrogen (secondary N) is 1. The molecule has 133 valence electrons. The lowest BCUT2D eigenvalue weighted by atomic mass is 10.0. The van der Waals surface area contributed by atoms with E-state index in [0.717, 1.165) is 0 Å². The van der Waals surface area contributed by atoms with Gasteiger partial charge in [0.2, 0.25) is 12.2 Å². The third kappa shape index (κ3) is 9.30. The van der Waals surface area contributed by atoms with Crippen molar-refractivity contribution in [1.82, 2.24) is 5.32 Å². The highest BCUT2D eigenvalue weighted by Crippen LogP contribution is 2.11. The minimum atomic E-state index is -0.754. The van der Waals surface area contributed by atoms with Crippen LogP contribution < -0.4 is 16.8 Å². The molecule has 0 saturated carbocycles. The summed E-state index contributed by atoms with van der Waals surface area (Å²) in [6.07, 6.45) is 3.03. The van der Waals surface area contributed by atoms with E-state index < -0.39 is 35.6 Å². The molecule has 0 spiro atoms. The van der Waals surface area contributed by atoms with Crippen molar-refractivity contribution in [1.29, 1.82) is 0 Å². The fourth-order valence-corrected chi connectivity index (χ4v) is 1.78. The first-order valence-corrected chi connectivity index (χ1v) is 7.90. The quantitative estimate of drug-likeness (QED) is 0.526. The molecule has 0 fully saturated rings. The van der Waals surface area contributed by atoms with E-state index in [0.29, 0.717) is 19.3 Å². The zero-order chi connectivity index (χ0) is 18.2. The first-order chi connectivity index (χ1) is 10.5. The molecule has 0 aromatic heterocycles. The molecule has 0 aliphatic carbocycles. The van der Waals surface area contributed by atoms with Gasteiger partial charge in [0.15, 0.2) is 0 Å². The van der Waals surface area contributed by atoms with Gasteiger partial charge in [0.1, 0.15) is 11.6 Å². The van der Waals surface area contributed by atoms with Gasteiger partial charge in [-0.15, -0.1) is 0 Å². The standard InChI is InChI=1S/C16H30N3O4/c1-10(2)13(9-20)19-14(21)11(17)7-6-8-12(18)15(22)23-16(3,4)5/h10-13H,6-8,17-18H2,1-5H3,(H,19,21)/t11-,12?,13+/m0/s1. The Morgan fingerprint density at radius 2 is 1.65 bits per heavy atom. The first-order valence-electron chi connectivity index (χ1n) is 7.90. The average molecular weight is 328 g/mol. The molecule has 1 amide bonds. The summed E-state index contributed by atoms with van der Waals surface area (Å²) in [5, 5.41) is 2.55. The van der Waals surface area contributed by atoms with Crippen LogP contribution in [0.15, 0.2) is 0 Å². The average Bonchev–Trinajstić information content (AvgIpc) is 2.41. The second kappa shape index (κ2) is 9.62. The van der Waals surface area contributed by atoms with Gasteiger partial charge in [-0.1, -0.05) is 13.8 Å². The molecular formula is C16H30N3O4. The summed E-state index contributed by atoms with van der Waals surface area (Å²) < 4.78 is 5.18. The smallest absolute Gasteiger partial charge is 0.323 e. The Bertz CT molecular complexity index is 405. The number of amides is 1. The number of ether oxygens (including phenoxy) is 1. The molecule has 3 atom stereocenters. The molecule has 0 aliphatic heterocycles. The number of esters is 1. The third-order valence-electron chi connectivity index (χ3n) is 3.17. The van der Waals surface area contributed by atoms with Crippen LogP contribution in [0.5, 0.6) is 0 Å². The molecule has 1 radical (unpaired) electrons. The molecule has 5 N–H and O–H groups in total. The summed E-state index contributed by atoms with van der Waals surface area (Å²) in [5.41, 5.74) is 11.0. The lowest BCUT2D eigenvalue weighted by Crippen LogP contribution is -2.48. The predicted octanol–water partition coefficient (Wildman–Crippen LogP) is 0.404. The van der Waals surface area contributed by atoms with Gasteiger partial charge in [-0.25, -0.2) is 0 Å². The Kier molecular flexibility index (Phi) is 9.01. The Labute approximate surface area is 138 Å². The second-order valence-electron chi connectivity index (χ2n) is 7.03. The van der Waals surface area contributed by atoms with Gasteiger partial charge in [-0.05, 0) is 46.0 Å².